The second kappa shape index (κ2) is 10.1. The molecular weight excluding hydrogens is 414 g/mol. The highest BCUT2D eigenvalue weighted by atomic mass is 79.9. The number of nitrogens with one attached hydrogen (secondary N) is 1. The number of aryl methyl sites for hydroxylation is 2. The minimum Gasteiger partial charge on any atom is -0.346 e. The fourth-order valence-electron chi connectivity index (χ4n) is 2.67. The first-order valence-electron chi connectivity index (χ1n) is 8.56. The van der Waals surface area contributed by atoms with E-state index in [2.05, 4.69) is 40.8 Å². The molecule has 1 N–H and O–H groups in total. The zero-order chi connectivity index (χ0) is 19.1. The number of fused-ring (bicyclic) bond motifs is 1. The normalized spacial score (nSPS) is 9.76. The molecule has 1 heterocycles. The van der Waals surface area contributed by atoms with Crippen LogP contribution in [0.25, 0.3) is 22.0 Å². The predicted molar refractivity (Wildman–Crippen MR) is 119 cm³/mol. The Bertz CT molecular complexity index is 916. The standard InChI is InChI=1S/C17H13BrClNS.2C2H6/c1-9-7-14-16(10(2)17(9)18)12(8-15(21)20-14)11-5-3-4-6-13(11)19;2*1-2/h3-8H,1-2H3,(H,20,21);2*1-2H3. The van der Waals surface area contributed by atoms with Gasteiger partial charge in [-0.05, 0) is 48.7 Å². The predicted octanol–water partition coefficient (Wildman–Crippen LogP) is 8.65. The number of hydrogen-bond acceptors (Lipinski definition) is 1. The number of H-pyrrole nitrogens is 1. The van der Waals surface area contributed by atoms with Crippen molar-refractivity contribution in [3.05, 3.63) is 61.7 Å². The Hall–Kier alpha value is -1.16. The lowest BCUT2D eigenvalue weighted by molar-refractivity contribution is 1.32. The van der Waals surface area contributed by atoms with Crippen LogP contribution >= 0.6 is 39.7 Å². The Morgan fingerprint density at radius 2 is 1.56 bits per heavy atom. The van der Waals surface area contributed by atoms with Crippen molar-refractivity contribution >= 4 is 50.7 Å². The van der Waals surface area contributed by atoms with Crippen LogP contribution in [0.5, 0.6) is 0 Å². The van der Waals surface area contributed by atoms with Crippen LogP contribution in [0.4, 0.5) is 0 Å². The average Bonchev–Trinajstić information content (AvgIpc) is 2.63. The molecule has 1 nitrogen and oxygen atoms in total. The summed E-state index contributed by atoms with van der Waals surface area (Å²) in [7, 11) is 0. The van der Waals surface area contributed by atoms with Crippen molar-refractivity contribution in [3.63, 3.8) is 0 Å². The number of halogens is 2. The van der Waals surface area contributed by atoms with Gasteiger partial charge in [0.05, 0.1) is 0 Å². The lowest BCUT2D eigenvalue weighted by atomic mass is 9.97. The van der Waals surface area contributed by atoms with Crippen LogP contribution in [0.15, 0.2) is 40.9 Å². The highest BCUT2D eigenvalue weighted by molar-refractivity contribution is 9.10. The van der Waals surface area contributed by atoms with Gasteiger partial charge in [0.1, 0.15) is 4.64 Å². The number of hydrogen-bond donors (Lipinski definition) is 1. The van der Waals surface area contributed by atoms with Crippen LogP contribution in [-0.4, -0.2) is 4.98 Å². The highest BCUT2D eigenvalue weighted by Crippen LogP contribution is 2.37. The largest absolute Gasteiger partial charge is 0.346 e. The van der Waals surface area contributed by atoms with E-state index in [0.717, 1.165) is 31.5 Å². The average molecular weight is 439 g/mol. The van der Waals surface area contributed by atoms with Crippen molar-refractivity contribution in [2.75, 3.05) is 0 Å². The fraction of sp³-hybridized carbons (Fsp3) is 0.286. The van der Waals surface area contributed by atoms with E-state index >= 15 is 0 Å². The Labute approximate surface area is 169 Å². The van der Waals surface area contributed by atoms with Crippen molar-refractivity contribution < 1.29 is 0 Å². The zero-order valence-corrected chi connectivity index (χ0v) is 18.8. The molecule has 25 heavy (non-hydrogen) atoms. The third-order valence-corrected chi connectivity index (χ3v) is 5.42. The second-order valence-corrected chi connectivity index (χ2v) is 6.72. The molecule has 0 saturated heterocycles. The van der Waals surface area contributed by atoms with Crippen LogP contribution in [0, 0.1) is 18.5 Å². The van der Waals surface area contributed by atoms with Gasteiger partial charge in [0.25, 0.3) is 0 Å². The molecule has 0 atom stereocenters. The molecule has 3 rings (SSSR count). The second-order valence-electron chi connectivity index (χ2n) is 5.08. The van der Waals surface area contributed by atoms with E-state index in [1.165, 1.54) is 11.1 Å². The molecule has 0 spiro atoms. The summed E-state index contributed by atoms with van der Waals surface area (Å²) >= 11 is 15.4. The molecular formula is C21H25BrClNS. The maximum Gasteiger partial charge on any atom is 0.104 e. The van der Waals surface area contributed by atoms with Gasteiger partial charge in [-0.25, -0.2) is 0 Å². The molecule has 0 aliphatic carbocycles. The van der Waals surface area contributed by atoms with Crippen LogP contribution < -0.4 is 0 Å². The molecule has 0 amide bonds. The van der Waals surface area contributed by atoms with E-state index in [0.29, 0.717) is 4.64 Å². The van der Waals surface area contributed by atoms with E-state index in [1.54, 1.807) is 0 Å². The van der Waals surface area contributed by atoms with Gasteiger partial charge in [-0.3, -0.25) is 0 Å². The van der Waals surface area contributed by atoms with Gasteiger partial charge in [0, 0.05) is 26.0 Å². The van der Waals surface area contributed by atoms with Crippen LogP contribution in [0.3, 0.4) is 0 Å². The van der Waals surface area contributed by atoms with Crippen molar-refractivity contribution in [1.82, 2.24) is 4.98 Å². The summed E-state index contributed by atoms with van der Waals surface area (Å²) in [6.07, 6.45) is 0. The Balaban J connectivity index is 0.000000730. The molecule has 0 bridgehead atoms. The monoisotopic (exact) mass is 437 g/mol. The van der Waals surface area contributed by atoms with E-state index < -0.39 is 0 Å². The van der Waals surface area contributed by atoms with Crippen LogP contribution in [0.1, 0.15) is 38.8 Å². The lowest BCUT2D eigenvalue weighted by Gasteiger charge is -2.14. The minimum atomic E-state index is 0.707. The first kappa shape index (κ1) is 21.9. The van der Waals surface area contributed by atoms with E-state index in [4.69, 9.17) is 23.8 Å². The van der Waals surface area contributed by atoms with Crippen molar-refractivity contribution in [2.24, 2.45) is 0 Å². The Morgan fingerprint density at radius 1 is 0.960 bits per heavy atom. The minimum absolute atomic E-state index is 0.707. The fourth-order valence-corrected chi connectivity index (χ4v) is 3.45. The summed E-state index contributed by atoms with van der Waals surface area (Å²) < 4.78 is 1.83. The molecule has 0 unspecified atom stereocenters. The SMILES string of the molecule is CC.CC.Cc1cc2[nH]c(=S)cc(-c3ccccc3Cl)c2c(C)c1Br. The molecule has 3 aromatic rings. The maximum absolute atomic E-state index is 6.38. The molecule has 0 radical (unpaired) electrons. The molecule has 0 aliphatic heterocycles. The lowest BCUT2D eigenvalue weighted by Crippen LogP contribution is -1.92. The number of aromatic nitrogens is 1. The van der Waals surface area contributed by atoms with Crippen LogP contribution in [-0.2, 0) is 0 Å². The highest BCUT2D eigenvalue weighted by Gasteiger charge is 2.13. The zero-order valence-electron chi connectivity index (χ0n) is 15.6. The summed E-state index contributed by atoms with van der Waals surface area (Å²) in [4.78, 5) is 3.28. The third kappa shape index (κ3) is 4.72. The first-order chi connectivity index (χ1) is 12.0. The summed E-state index contributed by atoms with van der Waals surface area (Å²) in [5, 5.41) is 1.88. The van der Waals surface area contributed by atoms with Gasteiger partial charge in [-0.1, -0.05) is 85.6 Å². The topological polar surface area (TPSA) is 15.8 Å². The maximum atomic E-state index is 6.38. The smallest absolute Gasteiger partial charge is 0.104 e. The summed E-state index contributed by atoms with van der Waals surface area (Å²) in [6.45, 7) is 12.2. The number of pyridine rings is 1. The van der Waals surface area contributed by atoms with Crippen LogP contribution in [0.2, 0.25) is 5.02 Å². The third-order valence-electron chi connectivity index (χ3n) is 3.65. The van der Waals surface area contributed by atoms with Crippen molar-refractivity contribution in [3.8, 4) is 11.1 Å². The van der Waals surface area contributed by atoms with Gasteiger partial charge in [-0.15, -0.1) is 0 Å². The summed E-state index contributed by atoms with van der Waals surface area (Å²) in [5.41, 5.74) is 5.48. The van der Waals surface area contributed by atoms with E-state index in [-0.39, 0.29) is 0 Å². The number of aromatic amines is 1. The molecule has 2 aromatic carbocycles. The van der Waals surface area contributed by atoms with Gasteiger partial charge in [0.15, 0.2) is 0 Å². The van der Waals surface area contributed by atoms with Gasteiger partial charge < -0.3 is 4.98 Å². The Kier molecular flexibility index (Phi) is 8.84. The first-order valence-corrected chi connectivity index (χ1v) is 10.1. The Morgan fingerprint density at radius 3 is 2.16 bits per heavy atom. The van der Waals surface area contributed by atoms with E-state index in [9.17, 15) is 0 Å². The number of benzene rings is 2. The molecule has 0 aliphatic rings. The van der Waals surface area contributed by atoms with Gasteiger partial charge in [-0.2, -0.15) is 0 Å². The van der Waals surface area contributed by atoms with Gasteiger partial charge in [0.2, 0.25) is 0 Å². The summed E-state index contributed by atoms with van der Waals surface area (Å²) in [6, 6.07) is 12.0. The summed E-state index contributed by atoms with van der Waals surface area (Å²) in [5.74, 6) is 0. The molecule has 1 aromatic heterocycles. The molecule has 4 heteroatoms. The van der Waals surface area contributed by atoms with Crippen molar-refractivity contribution in [2.45, 2.75) is 41.5 Å². The van der Waals surface area contributed by atoms with E-state index in [1.807, 2.05) is 58.0 Å². The molecule has 0 fully saturated rings. The molecule has 0 saturated carbocycles. The van der Waals surface area contributed by atoms with Crippen molar-refractivity contribution in [1.29, 1.82) is 0 Å². The quantitative estimate of drug-likeness (QED) is 0.376. The number of rotatable bonds is 1. The molecule has 134 valence electrons. The van der Waals surface area contributed by atoms with Gasteiger partial charge >= 0.3 is 0 Å².